The third-order valence-electron chi connectivity index (χ3n) is 3.79. The number of likely N-dealkylation sites (tertiary alicyclic amines) is 1. The van der Waals surface area contributed by atoms with E-state index in [-0.39, 0.29) is 0 Å². The summed E-state index contributed by atoms with van der Waals surface area (Å²) in [7, 11) is 2.06. The highest BCUT2D eigenvalue weighted by Crippen LogP contribution is 2.27. The van der Waals surface area contributed by atoms with E-state index < -0.39 is 0 Å². The monoisotopic (exact) mass is 276 g/mol. The molecular formula is C14H20N4S. The van der Waals surface area contributed by atoms with Crippen LogP contribution in [-0.4, -0.2) is 41.3 Å². The molecule has 0 radical (unpaired) electrons. The Morgan fingerprint density at radius 3 is 3.32 bits per heavy atom. The van der Waals surface area contributed by atoms with Gasteiger partial charge in [-0.15, -0.1) is 11.3 Å². The molecule has 19 heavy (non-hydrogen) atoms. The van der Waals surface area contributed by atoms with Crippen molar-refractivity contribution in [1.82, 2.24) is 20.4 Å². The molecule has 1 unspecified atom stereocenters. The fourth-order valence-electron chi connectivity index (χ4n) is 2.74. The molecule has 1 aliphatic heterocycles. The van der Waals surface area contributed by atoms with Crippen LogP contribution in [0.2, 0.25) is 0 Å². The Hall–Kier alpha value is -1.17. The van der Waals surface area contributed by atoms with E-state index in [1.807, 2.05) is 6.20 Å². The second-order valence-corrected chi connectivity index (χ2v) is 6.06. The first-order chi connectivity index (χ1) is 9.36. The van der Waals surface area contributed by atoms with Gasteiger partial charge in [0.05, 0.1) is 16.8 Å². The molecule has 5 heteroatoms. The maximum atomic E-state index is 4.22. The Morgan fingerprint density at radius 1 is 1.58 bits per heavy atom. The van der Waals surface area contributed by atoms with Crippen molar-refractivity contribution < 1.29 is 0 Å². The molecule has 2 aromatic heterocycles. The molecule has 0 spiro atoms. The van der Waals surface area contributed by atoms with Crippen LogP contribution < -0.4 is 5.32 Å². The summed E-state index contributed by atoms with van der Waals surface area (Å²) in [5.41, 5.74) is 2.49. The van der Waals surface area contributed by atoms with Gasteiger partial charge in [0.15, 0.2) is 0 Å². The van der Waals surface area contributed by atoms with Gasteiger partial charge in [0.2, 0.25) is 0 Å². The van der Waals surface area contributed by atoms with Gasteiger partial charge in [-0.1, -0.05) is 6.07 Å². The van der Waals surface area contributed by atoms with E-state index in [1.165, 1.54) is 35.5 Å². The lowest BCUT2D eigenvalue weighted by Crippen LogP contribution is -2.43. The lowest BCUT2D eigenvalue weighted by atomic mass is 10.1. The van der Waals surface area contributed by atoms with Gasteiger partial charge in [-0.2, -0.15) is 5.10 Å². The minimum absolute atomic E-state index is 0.630. The standard InChI is InChI=1S/C14H20N4S/c1-15-12-4-2-6-18(10-12)9-11-8-16-17-14(11)13-5-3-7-19-13/h3,5,7-8,12,15H,2,4,6,9-10H2,1H3,(H,16,17). The van der Waals surface area contributed by atoms with Crippen molar-refractivity contribution in [2.24, 2.45) is 0 Å². The van der Waals surface area contributed by atoms with Crippen LogP contribution in [0.1, 0.15) is 18.4 Å². The molecular weight excluding hydrogens is 256 g/mol. The number of nitrogens with zero attached hydrogens (tertiary/aromatic N) is 2. The number of piperidine rings is 1. The summed E-state index contributed by atoms with van der Waals surface area (Å²) in [4.78, 5) is 3.79. The van der Waals surface area contributed by atoms with Crippen molar-refractivity contribution in [1.29, 1.82) is 0 Å². The predicted octanol–water partition coefficient (Wildman–Crippen LogP) is 2.32. The number of rotatable bonds is 4. The van der Waals surface area contributed by atoms with E-state index in [9.17, 15) is 0 Å². The van der Waals surface area contributed by atoms with Crippen molar-refractivity contribution in [2.75, 3.05) is 20.1 Å². The zero-order valence-electron chi connectivity index (χ0n) is 11.2. The normalized spacial score (nSPS) is 20.8. The second kappa shape index (κ2) is 5.86. The molecule has 3 rings (SSSR count). The summed E-state index contributed by atoms with van der Waals surface area (Å²) in [6.07, 6.45) is 4.53. The summed E-state index contributed by atoms with van der Waals surface area (Å²) in [6.45, 7) is 3.31. The maximum absolute atomic E-state index is 4.22. The minimum atomic E-state index is 0.630. The Balaban J connectivity index is 1.72. The van der Waals surface area contributed by atoms with Crippen molar-refractivity contribution in [3.05, 3.63) is 29.3 Å². The zero-order valence-corrected chi connectivity index (χ0v) is 12.0. The third kappa shape index (κ3) is 2.88. The summed E-state index contributed by atoms with van der Waals surface area (Å²) in [5.74, 6) is 0. The Bertz CT molecular complexity index is 505. The molecule has 1 atom stereocenters. The van der Waals surface area contributed by atoms with E-state index in [1.54, 1.807) is 11.3 Å². The molecule has 1 aliphatic rings. The van der Waals surface area contributed by atoms with Gasteiger partial charge in [0.1, 0.15) is 0 Å². The van der Waals surface area contributed by atoms with Crippen LogP contribution in [0.3, 0.4) is 0 Å². The van der Waals surface area contributed by atoms with Gasteiger partial charge >= 0.3 is 0 Å². The first-order valence-electron chi connectivity index (χ1n) is 6.82. The van der Waals surface area contributed by atoms with Crippen molar-refractivity contribution in [2.45, 2.75) is 25.4 Å². The van der Waals surface area contributed by atoms with Crippen LogP contribution in [0.4, 0.5) is 0 Å². The molecule has 1 saturated heterocycles. The van der Waals surface area contributed by atoms with Gasteiger partial charge in [0, 0.05) is 24.7 Å². The van der Waals surface area contributed by atoms with E-state index in [4.69, 9.17) is 0 Å². The lowest BCUT2D eigenvalue weighted by molar-refractivity contribution is 0.188. The van der Waals surface area contributed by atoms with Crippen LogP contribution in [0.15, 0.2) is 23.7 Å². The molecule has 1 fully saturated rings. The van der Waals surface area contributed by atoms with Crippen molar-refractivity contribution in [3.8, 4) is 10.6 Å². The Kier molecular flexibility index (Phi) is 3.96. The molecule has 2 aromatic rings. The highest BCUT2D eigenvalue weighted by atomic mass is 32.1. The Morgan fingerprint density at radius 2 is 2.53 bits per heavy atom. The second-order valence-electron chi connectivity index (χ2n) is 5.11. The topological polar surface area (TPSA) is 44.0 Å². The van der Waals surface area contributed by atoms with E-state index in [0.717, 1.165) is 13.1 Å². The quantitative estimate of drug-likeness (QED) is 0.901. The first kappa shape index (κ1) is 12.8. The van der Waals surface area contributed by atoms with Gasteiger partial charge < -0.3 is 5.32 Å². The molecule has 0 aromatic carbocycles. The number of likely N-dealkylation sites (N-methyl/N-ethyl adjacent to an activating group) is 1. The van der Waals surface area contributed by atoms with E-state index >= 15 is 0 Å². The van der Waals surface area contributed by atoms with E-state index in [0.29, 0.717) is 6.04 Å². The number of H-pyrrole nitrogens is 1. The molecule has 3 heterocycles. The average Bonchev–Trinajstić information content (AvgIpc) is 3.09. The molecule has 2 N–H and O–H groups in total. The zero-order chi connectivity index (χ0) is 13.1. The van der Waals surface area contributed by atoms with Crippen LogP contribution in [0.5, 0.6) is 0 Å². The number of hydrogen-bond acceptors (Lipinski definition) is 4. The van der Waals surface area contributed by atoms with Gasteiger partial charge in [-0.05, 0) is 37.9 Å². The maximum Gasteiger partial charge on any atom is 0.0794 e. The van der Waals surface area contributed by atoms with E-state index in [2.05, 4.69) is 45.0 Å². The largest absolute Gasteiger partial charge is 0.316 e. The predicted molar refractivity (Wildman–Crippen MR) is 79.3 cm³/mol. The number of thiophene rings is 1. The molecule has 0 bridgehead atoms. The molecule has 102 valence electrons. The summed E-state index contributed by atoms with van der Waals surface area (Å²) in [5, 5.41) is 12.9. The lowest BCUT2D eigenvalue weighted by Gasteiger charge is -2.32. The molecule has 4 nitrogen and oxygen atoms in total. The fraction of sp³-hybridized carbons (Fsp3) is 0.500. The minimum Gasteiger partial charge on any atom is -0.316 e. The first-order valence-corrected chi connectivity index (χ1v) is 7.70. The third-order valence-corrected chi connectivity index (χ3v) is 4.68. The molecule has 0 amide bonds. The number of aromatic amines is 1. The number of nitrogens with one attached hydrogen (secondary N) is 2. The van der Waals surface area contributed by atoms with Crippen LogP contribution in [0.25, 0.3) is 10.6 Å². The molecule has 0 saturated carbocycles. The van der Waals surface area contributed by atoms with Crippen LogP contribution in [-0.2, 0) is 6.54 Å². The molecule has 0 aliphatic carbocycles. The SMILES string of the molecule is CNC1CCCN(Cc2cn[nH]c2-c2cccs2)C1. The highest BCUT2D eigenvalue weighted by Gasteiger charge is 2.20. The van der Waals surface area contributed by atoms with Crippen LogP contribution >= 0.6 is 11.3 Å². The summed E-state index contributed by atoms with van der Waals surface area (Å²) in [6, 6.07) is 4.86. The highest BCUT2D eigenvalue weighted by molar-refractivity contribution is 7.13. The number of aromatic nitrogens is 2. The van der Waals surface area contributed by atoms with Crippen LogP contribution in [0, 0.1) is 0 Å². The van der Waals surface area contributed by atoms with Gasteiger partial charge in [-0.3, -0.25) is 10.00 Å². The van der Waals surface area contributed by atoms with Crippen molar-refractivity contribution >= 4 is 11.3 Å². The smallest absolute Gasteiger partial charge is 0.0794 e. The fourth-order valence-corrected chi connectivity index (χ4v) is 3.50. The van der Waals surface area contributed by atoms with Gasteiger partial charge in [-0.25, -0.2) is 0 Å². The van der Waals surface area contributed by atoms with Gasteiger partial charge in [0.25, 0.3) is 0 Å². The average molecular weight is 276 g/mol. The summed E-state index contributed by atoms with van der Waals surface area (Å²) >= 11 is 1.76. The summed E-state index contributed by atoms with van der Waals surface area (Å²) < 4.78 is 0. The van der Waals surface area contributed by atoms with Crippen molar-refractivity contribution in [3.63, 3.8) is 0 Å². The Labute approximate surface area is 117 Å². The number of hydrogen-bond donors (Lipinski definition) is 2.